The highest BCUT2D eigenvalue weighted by atomic mass is 16.5. The third kappa shape index (κ3) is 18.7. The van der Waals surface area contributed by atoms with E-state index in [2.05, 4.69) is 6.92 Å². The zero-order valence-corrected chi connectivity index (χ0v) is 18.2. The van der Waals surface area contributed by atoms with Crippen LogP contribution in [0.5, 0.6) is 0 Å². The molecule has 0 radical (unpaired) electrons. The van der Waals surface area contributed by atoms with Crippen LogP contribution in [0.2, 0.25) is 0 Å². The third-order valence-corrected chi connectivity index (χ3v) is 3.86. The normalized spacial score (nSPS) is 9.75. The molecule has 0 rings (SSSR count). The Labute approximate surface area is 169 Å². The van der Waals surface area contributed by atoms with Gasteiger partial charge in [-0.05, 0) is 32.1 Å². The average molecular weight is 403 g/mol. The van der Waals surface area contributed by atoms with Gasteiger partial charge in [0.1, 0.15) is 0 Å². The van der Waals surface area contributed by atoms with Crippen LogP contribution in [0.15, 0.2) is 0 Å². The van der Waals surface area contributed by atoms with E-state index in [0.717, 1.165) is 38.6 Å². The van der Waals surface area contributed by atoms with E-state index in [0.29, 0.717) is 19.6 Å². The van der Waals surface area contributed by atoms with Crippen LogP contribution in [0.25, 0.3) is 0 Å². The predicted octanol–water partition coefficient (Wildman–Crippen LogP) is 2.70. The van der Waals surface area contributed by atoms with Crippen LogP contribution in [-0.2, 0) is 23.9 Å². The van der Waals surface area contributed by atoms with E-state index in [1.165, 1.54) is 6.92 Å². The number of aliphatic carboxylic acids is 1. The van der Waals surface area contributed by atoms with Crippen LogP contribution in [-0.4, -0.2) is 72.5 Å². The number of rotatable bonds is 13. The van der Waals surface area contributed by atoms with Crippen molar-refractivity contribution in [3.8, 4) is 0 Å². The number of carboxylic acid groups (broad SMARTS) is 1. The summed E-state index contributed by atoms with van der Waals surface area (Å²) in [6.45, 7) is 7.42. The number of hydrogen-bond acceptors (Lipinski definition) is 5. The summed E-state index contributed by atoms with van der Waals surface area (Å²) < 4.78 is 4.80. The first kappa shape index (κ1) is 28.1. The van der Waals surface area contributed by atoms with Crippen molar-refractivity contribution >= 4 is 23.8 Å². The van der Waals surface area contributed by atoms with Crippen molar-refractivity contribution in [2.75, 3.05) is 33.8 Å². The summed E-state index contributed by atoms with van der Waals surface area (Å²) in [6.07, 6.45) is 5.15. The number of esters is 1. The molecule has 164 valence electrons. The minimum atomic E-state index is -0.923. The Kier molecular flexibility index (Phi) is 18.3. The van der Waals surface area contributed by atoms with Crippen molar-refractivity contribution in [1.29, 1.82) is 0 Å². The largest absolute Gasteiger partial charge is 0.481 e. The number of unbranched alkanes of at least 4 members (excludes halogenated alkanes) is 2. The van der Waals surface area contributed by atoms with E-state index in [-0.39, 0.29) is 30.6 Å². The molecule has 0 fully saturated rings. The fourth-order valence-corrected chi connectivity index (χ4v) is 2.29. The first-order valence-corrected chi connectivity index (χ1v) is 9.98. The molecule has 0 aromatic rings. The average Bonchev–Trinajstić information content (AvgIpc) is 2.62. The Morgan fingerprint density at radius 3 is 1.71 bits per heavy atom. The molecule has 2 amide bonds. The molecule has 0 aromatic carbocycles. The lowest BCUT2D eigenvalue weighted by molar-refractivity contribution is -0.141. The van der Waals surface area contributed by atoms with Gasteiger partial charge >= 0.3 is 11.9 Å². The first-order valence-electron chi connectivity index (χ1n) is 9.98. The minimum absolute atomic E-state index is 0.0765. The van der Waals surface area contributed by atoms with Crippen LogP contribution >= 0.6 is 0 Å². The highest BCUT2D eigenvalue weighted by Crippen LogP contribution is 2.03. The number of carbonyl (C=O) groups is 4. The Hall–Kier alpha value is -2.12. The number of nitrogens with zero attached hydrogens (tertiary/aromatic N) is 2. The smallest absolute Gasteiger partial charge is 0.303 e. The number of hydrogen-bond donors (Lipinski definition) is 1. The lowest BCUT2D eigenvalue weighted by atomic mass is 10.2. The maximum Gasteiger partial charge on any atom is 0.303 e. The summed E-state index contributed by atoms with van der Waals surface area (Å²) in [5.74, 6) is -1.06. The second-order valence-electron chi connectivity index (χ2n) is 6.68. The molecular weight excluding hydrogens is 364 g/mol. The fourth-order valence-electron chi connectivity index (χ4n) is 2.29. The van der Waals surface area contributed by atoms with E-state index >= 15 is 0 Å². The molecule has 0 aliphatic heterocycles. The maximum atomic E-state index is 11.5. The summed E-state index contributed by atoms with van der Waals surface area (Å²) in [6, 6.07) is 0. The molecule has 0 aliphatic rings. The summed E-state index contributed by atoms with van der Waals surface area (Å²) in [4.78, 5) is 46.5. The highest BCUT2D eigenvalue weighted by molar-refractivity contribution is 5.80. The van der Waals surface area contributed by atoms with Crippen molar-refractivity contribution in [2.24, 2.45) is 0 Å². The monoisotopic (exact) mass is 402 g/mol. The van der Waals surface area contributed by atoms with Crippen LogP contribution in [0.4, 0.5) is 0 Å². The SMILES string of the molecule is CCCN(C)C(=O)CCC(=O)O.CCCN(C)C(=O)CCCCCOC(C)=O. The van der Waals surface area contributed by atoms with Gasteiger partial charge in [-0.3, -0.25) is 19.2 Å². The zero-order valence-electron chi connectivity index (χ0n) is 18.2. The third-order valence-electron chi connectivity index (χ3n) is 3.86. The van der Waals surface area contributed by atoms with E-state index in [4.69, 9.17) is 9.84 Å². The minimum Gasteiger partial charge on any atom is -0.481 e. The molecule has 0 aromatic heterocycles. The predicted molar refractivity (Wildman–Crippen MR) is 108 cm³/mol. The van der Waals surface area contributed by atoms with E-state index in [9.17, 15) is 19.2 Å². The van der Waals surface area contributed by atoms with E-state index < -0.39 is 5.97 Å². The summed E-state index contributed by atoms with van der Waals surface area (Å²) in [7, 11) is 3.53. The standard InChI is InChI=1S/C12H23NO3.C8H15NO3/c1-4-9-13(3)12(15)8-6-5-7-10-16-11(2)14;1-3-6-9(2)7(10)4-5-8(11)12/h4-10H2,1-3H3;3-6H2,1-2H3,(H,11,12). The summed E-state index contributed by atoms with van der Waals surface area (Å²) in [5.41, 5.74) is 0. The molecule has 8 nitrogen and oxygen atoms in total. The van der Waals surface area contributed by atoms with E-state index in [1.807, 2.05) is 14.0 Å². The molecule has 8 heteroatoms. The number of ether oxygens (including phenoxy) is 1. The molecule has 0 unspecified atom stereocenters. The van der Waals surface area contributed by atoms with Crippen molar-refractivity contribution in [2.45, 2.75) is 72.1 Å². The highest BCUT2D eigenvalue weighted by Gasteiger charge is 2.09. The Balaban J connectivity index is 0. The molecule has 0 saturated heterocycles. The molecule has 1 N–H and O–H groups in total. The second-order valence-corrected chi connectivity index (χ2v) is 6.68. The van der Waals surface area contributed by atoms with Crippen molar-refractivity contribution in [1.82, 2.24) is 9.80 Å². The fraction of sp³-hybridized carbons (Fsp3) is 0.800. The van der Waals surface area contributed by atoms with Gasteiger partial charge in [0.05, 0.1) is 13.0 Å². The van der Waals surface area contributed by atoms with Gasteiger partial charge in [0, 0.05) is 47.0 Å². The van der Waals surface area contributed by atoms with Gasteiger partial charge < -0.3 is 19.6 Å². The van der Waals surface area contributed by atoms with Gasteiger partial charge in [0.25, 0.3) is 0 Å². The summed E-state index contributed by atoms with van der Waals surface area (Å²) >= 11 is 0. The second kappa shape index (κ2) is 18.3. The molecule has 0 aliphatic carbocycles. The van der Waals surface area contributed by atoms with Gasteiger partial charge in [0.15, 0.2) is 0 Å². The summed E-state index contributed by atoms with van der Waals surface area (Å²) in [5, 5.41) is 8.30. The Morgan fingerprint density at radius 1 is 0.786 bits per heavy atom. The molecule has 0 spiro atoms. The van der Waals surface area contributed by atoms with Gasteiger partial charge in [-0.25, -0.2) is 0 Å². The van der Waals surface area contributed by atoms with Crippen molar-refractivity contribution < 1.29 is 29.0 Å². The molecular formula is C20H38N2O6. The van der Waals surface area contributed by atoms with E-state index in [1.54, 1.807) is 16.8 Å². The number of carbonyl (C=O) groups excluding carboxylic acids is 3. The number of amides is 2. The molecule has 28 heavy (non-hydrogen) atoms. The quantitative estimate of drug-likeness (QED) is 0.375. The van der Waals surface area contributed by atoms with Crippen LogP contribution < -0.4 is 0 Å². The molecule has 0 saturated carbocycles. The van der Waals surface area contributed by atoms with Crippen molar-refractivity contribution in [3.63, 3.8) is 0 Å². The first-order chi connectivity index (χ1) is 13.1. The van der Waals surface area contributed by atoms with Gasteiger partial charge in [-0.2, -0.15) is 0 Å². The molecule has 0 atom stereocenters. The Bertz CT molecular complexity index is 468. The molecule has 0 heterocycles. The lowest BCUT2D eigenvalue weighted by Crippen LogP contribution is -2.27. The van der Waals surface area contributed by atoms with Crippen LogP contribution in [0, 0.1) is 0 Å². The topological polar surface area (TPSA) is 104 Å². The molecule has 0 bridgehead atoms. The van der Waals surface area contributed by atoms with Gasteiger partial charge in [0.2, 0.25) is 11.8 Å². The Morgan fingerprint density at radius 2 is 1.29 bits per heavy atom. The van der Waals surface area contributed by atoms with Gasteiger partial charge in [-0.15, -0.1) is 0 Å². The van der Waals surface area contributed by atoms with Crippen molar-refractivity contribution in [3.05, 3.63) is 0 Å². The van der Waals surface area contributed by atoms with Gasteiger partial charge in [-0.1, -0.05) is 13.8 Å². The maximum absolute atomic E-state index is 11.5. The lowest BCUT2D eigenvalue weighted by Gasteiger charge is -2.15. The van der Waals surface area contributed by atoms with Crippen LogP contribution in [0.1, 0.15) is 72.1 Å². The van der Waals surface area contributed by atoms with Crippen LogP contribution in [0.3, 0.4) is 0 Å². The zero-order chi connectivity index (χ0) is 21.9. The number of carboxylic acids is 1.